The van der Waals surface area contributed by atoms with Crippen molar-refractivity contribution in [1.82, 2.24) is 14.6 Å². The standard InChI is InChI=1S/C10H11F3N4S2/c1-4(2)7-8(19-17-16-7)6(14)5-3-15-9(18-5)10(11,12)13/h3-4,6H,14H2,1-2H3. The Hall–Kier alpha value is -1.06. The van der Waals surface area contributed by atoms with Gasteiger partial charge in [-0.05, 0) is 17.5 Å². The van der Waals surface area contributed by atoms with E-state index in [4.69, 9.17) is 5.73 Å². The molecule has 0 saturated carbocycles. The number of rotatable bonds is 3. The molecular weight excluding hydrogens is 297 g/mol. The van der Waals surface area contributed by atoms with Crippen molar-refractivity contribution in [2.75, 3.05) is 0 Å². The Morgan fingerprint density at radius 2 is 2.00 bits per heavy atom. The monoisotopic (exact) mass is 308 g/mol. The zero-order valence-corrected chi connectivity index (χ0v) is 11.7. The van der Waals surface area contributed by atoms with Crippen LogP contribution in [0.3, 0.4) is 0 Å². The SMILES string of the molecule is CC(C)c1nnsc1C(N)c1cnc(C(F)(F)F)s1. The lowest BCUT2D eigenvalue weighted by molar-refractivity contribution is -0.137. The van der Waals surface area contributed by atoms with E-state index in [2.05, 4.69) is 14.6 Å². The topological polar surface area (TPSA) is 64.7 Å². The molecule has 9 heteroatoms. The molecule has 2 rings (SSSR count). The molecule has 2 aromatic heterocycles. The number of alkyl halides is 3. The molecule has 4 nitrogen and oxygen atoms in total. The quantitative estimate of drug-likeness (QED) is 0.946. The third-order valence-corrected chi connectivity index (χ3v) is 4.39. The number of halogens is 3. The lowest BCUT2D eigenvalue weighted by Crippen LogP contribution is -2.11. The van der Waals surface area contributed by atoms with Crippen molar-refractivity contribution in [3.05, 3.63) is 26.7 Å². The fourth-order valence-electron chi connectivity index (χ4n) is 1.51. The zero-order valence-electron chi connectivity index (χ0n) is 10.1. The molecule has 2 N–H and O–H groups in total. The first-order valence-corrected chi connectivity index (χ1v) is 7.00. The van der Waals surface area contributed by atoms with Gasteiger partial charge in [-0.2, -0.15) is 13.2 Å². The van der Waals surface area contributed by atoms with Crippen LogP contribution in [-0.2, 0) is 6.18 Å². The van der Waals surface area contributed by atoms with Gasteiger partial charge in [0.05, 0.1) is 16.6 Å². The fraction of sp³-hybridized carbons (Fsp3) is 0.500. The third-order valence-electron chi connectivity index (χ3n) is 2.44. The number of nitrogens with two attached hydrogens (primary N) is 1. The first kappa shape index (κ1) is 14.4. The molecular formula is C10H11F3N4S2. The zero-order chi connectivity index (χ0) is 14.2. The number of thiazole rings is 1. The summed E-state index contributed by atoms with van der Waals surface area (Å²) in [4.78, 5) is 4.42. The van der Waals surface area contributed by atoms with Crippen molar-refractivity contribution in [3.8, 4) is 0 Å². The van der Waals surface area contributed by atoms with Gasteiger partial charge >= 0.3 is 6.18 Å². The Morgan fingerprint density at radius 3 is 2.53 bits per heavy atom. The lowest BCUT2D eigenvalue weighted by Gasteiger charge is -2.09. The van der Waals surface area contributed by atoms with E-state index in [-0.39, 0.29) is 5.92 Å². The van der Waals surface area contributed by atoms with Gasteiger partial charge in [0.2, 0.25) is 0 Å². The van der Waals surface area contributed by atoms with E-state index >= 15 is 0 Å². The molecule has 0 aliphatic carbocycles. The maximum atomic E-state index is 12.5. The first-order chi connectivity index (χ1) is 8.80. The highest BCUT2D eigenvalue weighted by Gasteiger charge is 2.35. The van der Waals surface area contributed by atoms with Gasteiger partial charge in [0, 0.05) is 11.1 Å². The normalized spacial score (nSPS) is 14.1. The van der Waals surface area contributed by atoms with Gasteiger partial charge in [-0.25, -0.2) is 4.98 Å². The van der Waals surface area contributed by atoms with E-state index in [0.29, 0.717) is 21.1 Å². The van der Waals surface area contributed by atoms with E-state index in [0.717, 1.165) is 17.2 Å². The largest absolute Gasteiger partial charge is 0.443 e. The third kappa shape index (κ3) is 2.93. The van der Waals surface area contributed by atoms with Crippen molar-refractivity contribution < 1.29 is 13.2 Å². The predicted molar refractivity (Wildman–Crippen MR) is 67.1 cm³/mol. The molecule has 104 valence electrons. The molecule has 0 aliphatic rings. The highest BCUT2D eigenvalue weighted by molar-refractivity contribution is 7.12. The van der Waals surface area contributed by atoms with Gasteiger partial charge in [0.15, 0.2) is 5.01 Å². The van der Waals surface area contributed by atoms with Crippen molar-refractivity contribution in [2.24, 2.45) is 5.73 Å². The van der Waals surface area contributed by atoms with Crippen LogP contribution in [0.5, 0.6) is 0 Å². The van der Waals surface area contributed by atoms with Gasteiger partial charge < -0.3 is 5.73 Å². The summed E-state index contributed by atoms with van der Waals surface area (Å²) >= 11 is 1.67. The summed E-state index contributed by atoms with van der Waals surface area (Å²) in [6.07, 6.45) is -3.27. The van der Waals surface area contributed by atoms with Crippen LogP contribution in [0.25, 0.3) is 0 Å². The average Bonchev–Trinajstić information content (AvgIpc) is 2.96. The summed E-state index contributed by atoms with van der Waals surface area (Å²) in [7, 11) is 0. The lowest BCUT2D eigenvalue weighted by atomic mass is 10.1. The Labute approximate surface area is 115 Å². The first-order valence-electron chi connectivity index (χ1n) is 5.41. The average molecular weight is 308 g/mol. The fourth-order valence-corrected chi connectivity index (χ4v) is 3.21. The van der Waals surface area contributed by atoms with E-state index in [1.54, 1.807) is 0 Å². The van der Waals surface area contributed by atoms with E-state index in [1.807, 2.05) is 13.8 Å². The van der Waals surface area contributed by atoms with Crippen LogP contribution in [0.2, 0.25) is 0 Å². The number of aromatic nitrogens is 3. The molecule has 0 fully saturated rings. The van der Waals surface area contributed by atoms with Crippen LogP contribution in [0.4, 0.5) is 13.2 Å². The molecule has 2 heterocycles. The molecule has 0 spiro atoms. The van der Waals surface area contributed by atoms with Crippen molar-refractivity contribution >= 4 is 22.9 Å². The Morgan fingerprint density at radius 1 is 1.32 bits per heavy atom. The van der Waals surface area contributed by atoms with Crippen LogP contribution in [-0.4, -0.2) is 14.6 Å². The summed E-state index contributed by atoms with van der Waals surface area (Å²) in [6, 6.07) is -0.661. The minimum absolute atomic E-state index is 0.120. The van der Waals surface area contributed by atoms with Gasteiger partial charge in [-0.1, -0.05) is 18.3 Å². The molecule has 0 aromatic carbocycles. The van der Waals surface area contributed by atoms with Crippen LogP contribution in [0.1, 0.15) is 46.3 Å². The molecule has 2 aromatic rings. The minimum atomic E-state index is -4.44. The van der Waals surface area contributed by atoms with Crippen LogP contribution in [0, 0.1) is 0 Å². The summed E-state index contributed by atoms with van der Waals surface area (Å²) < 4.78 is 41.3. The Bertz CT molecular complexity index is 561. The Balaban J connectivity index is 2.31. The number of hydrogen-bond donors (Lipinski definition) is 1. The Kier molecular flexibility index (Phi) is 3.88. The molecule has 0 bridgehead atoms. The van der Waals surface area contributed by atoms with Crippen molar-refractivity contribution in [1.29, 1.82) is 0 Å². The molecule has 0 aliphatic heterocycles. The summed E-state index contributed by atoms with van der Waals surface area (Å²) in [5.74, 6) is 0.120. The second kappa shape index (κ2) is 5.14. The highest BCUT2D eigenvalue weighted by atomic mass is 32.1. The van der Waals surface area contributed by atoms with Gasteiger partial charge in [0.25, 0.3) is 0 Å². The van der Waals surface area contributed by atoms with Crippen molar-refractivity contribution in [2.45, 2.75) is 32.0 Å². The highest BCUT2D eigenvalue weighted by Crippen LogP contribution is 2.37. The maximum absolute atomic E-state index is 12.5. The molecule has 1 unspecified atom stereocenters. The van der Waals surface area contributed by atoms with Crippen LogP contribution in [0.15, 0.2) is 6.20 Å². The molecule has 19 heavy (non-hydrogen) atoms. The second-order valence-corrected chi connectivity index (χ2v) is 6.07. The van der Waals surface area contributed by atoms with E-state index < -0.39 is 17.2 Å². The minimum Gasteiger partial charge on any atom is -0.319 e. The molecule has 0 amide bonds. The van der Waals surface area contributed by atoms with E-state index in [9.17, 15) is 13.2 Å². The van der Waals surface area contributed by atoms with Gasteiger partial charge in [0.1, 0.15) is 0 Å². The molecule has 0 saturated heterocycles. The predicted octanol–water partition coefficient (Wildman–Crippen LogP) is 3.18. The second-order valence-electron chi connectivity index (χ2n) is 4.22. The molecule has 0 radical (unpaired) electrons. The maximum Gasteiger partial charge on any atom is 0.443 e. The van der Waals surface area contributed by atoms with Gasteiger partial charge in [-0.15, -0.1) is 16.4 Å². The van der Waals surface area contributed by atoms with Crippen molar-refractivity contribution in [3.63, 3.8) is 0 Å². The summed E-state index contributed by atoms with van der Waals surface area (Å²) in [6.45, 7) is 3.86. The van der Waals surface area contributed by atoms with Crippen LogP contribution < -0.4 is 5.73 Å². The number of nitrogens with zero attached hydrogens (tertiary/aromatic N) is 3. The van der Waals surface area contributed by atoms with E-state index in [1.165, 1.54) is 6.20 Å². The molecule has 1 atom stereocenters. The summed E-state index contributed by atoms with van der Waals surface area (Å²) in [5.41, 5.74) is 6.71. The smallest absolute Gasteiger partial charge is 0.319 e. The summed E-state index contributed by atoms with van der Waals surface area (Å²) in [5, 5.41) is 3.08. The number of hydrogen-bond acceptors (Lipinski definition) is 6. The van der Waals surface area contributed by atoms with Crippen LogP contribution >= 0.6 is 22.9 Å². The van der Waals surface area contributed by atoms with Gasteiger partial charge in [-0.3, -0.25) is 0 Å².